The molecular formula is C16H16Mo-4. The summed E-state index contributed by atoms with van der Waals surface area (Å²) in [7, 11) is 0. The zero-order valence-electron chi connectivity index (χ0n) is 10.2. The van der Waals surface area contributed by atoms with Crippen LogP contribution >= 0.6 is 0 Å². The van der Waals surface area contributed by atoms with Crippen LogP contribution in [0.1, 0.15) is 13.8 Å². The summed E-state index contributed by atoms with van der Waals surface area (Å²) in [5.41, 5.74) is 0. The van der Waals surface area contributed by atoms with Crippen molar-refractivity contribution in [2.75, 3.05) is 0 Å². The van der Waals surface area contributed by atoms with Crippen LogP contribution in [0.15, 0.2) is 60.7 Å². The normalized spacial score (nSPS) is 5.65. The van der Waals surface area contributed by atoms with E-state index >= 15 is 0 Å². The van der Waals surface area contributed by atoms with E-state index in [0.717, 1.165) is 0 Å². The molecule has 90 valence electrons. The first kappa shape index (κ1) is 20.9. The van der Waals surface area contributed by atoms with Gasteiger partial charge in [0.2, 0.25) is 0 Å². The summed E-state index contributed by atoms with van der Waals surface area (Å²) in [6, 6.07) is 20.0. The first-order valence-electron chi connectivity index (χ1n) is 4.83. The van der Waals surface area contributed by atoms with Gasteiger partial charge in [-0.05, 0) is 13.8 Å². The second-order valence-electron chi connectivity index (χ2n) is 2.42. The van der Waals surface area contributed by atoms with Crippen molar-refractivity contribution in [1.82, 2.24) is 0 Å². The van der Waals surface area contributed by atoms with Gasteiger partial charge in [0.1, 0.15) is 0 Å². The molecule has 2 aromatic rings. The smallest absolute Gasteiger partial charge is 0 e. The van der Waals surface area contributed by atoms with Crippen molar-refractivity contribution in [2.45, 2.75) is 13.8 Å². The third-order valence-electron chi connectivity index (χ3n) is 1.11. The molecule has 2 rings (SSSR count). The second kappa shape index (κ2) is 24.0. The summed E-state index contributed by atoms with van der Waals surface area (Å²) >= 11 is 0. The van der Waals surface area contributed by atoms with Gasteiger partial charge in [0, 0.05) is 21.1 Å². The Morgan fingerprint density at radius 3 is 0.941 bits per heavy atom. The molecule has 0 aliphatic carbocycles. The molecule has 0 aromatic heterocycles. The Balaban J connectivity index is -0.000000157. The van der Waals surface area contributed by atoms with Crippen LogP contribution in [0.25, 0.3) is 0 Å². The molecule has 0 bridgehead atoms. The maximum Gasteiger partial charge on any atom is 0 e. The Bertz CT molecular complexity index is 268. The molecule has 0 saturated carbocycles. The van der Waals surface area contributed by atoms with Gasteiger partial charge in [0.25, 0.3) is 0 Å². The van der Waals surface area contributed by atoms with Crippen molar-refractivity contribution in [2.24, 2.45) is 0 Å². The molecule has 0 radical (unpaired) electrons. The van der Waals surface area contributed by atoms with Crippen LogP contribution in [0.2, 0.25) is 0 Å². The Kier molecular flexibility index (Phi) is 29.4. The average Bonchev–Trinajstić information content (AvgIpc) is 3.00. The van der Waals surface area contributed by atoms with Gasteiger partial charge in [0.05, 0.1) is 0 Å². The predicted molar refractivity (Wildman–Crippen MR) is 69.7 cm³/mol. The molecule has 0 spiro atoms. The average molecular weight is 304 g/mol. The Hall–Kier alpha value is -1.49. The summed E-state index contributed by atoms with van der Waals surface area (Å²) in [6.07, 6.45) is 11.9. The van der Waals surface area contributed by atoms with Gasteiger partial charge in [-0.15, -0.1) is 0 Å². The molecule has 2 aromatic carbocycles. The minimum Gasteiger partial charge on any atom is -0.694 e. The van der Waals surface area contributed by atoms with E-state index in [4.69, 9.17) is 12.8 Å². The van der Waals surface area contributed by atoms with Gasteiger partial charge < -0.3 is 24.7 Å². The predicted octanol–water partition coefficient (Wildman–Crippen LogP) is 4.00. The van der Waals surface area contributed by atoms with Gasteiger partial charge in [-0.3, -0.25) is 0 Å². The summed E-state index contributed by atoms with van der Waals surface area (Å²) in [5, 5.41) is 0. The van der Waals surface area contributed by atoms with Gasteiger partial charge in [-0.25, -0.2) is 24.3 Å². The largest absolute Gasteiger partial charge is 0.694 e. The third-order valence-corrected chi connectivity index (χ3v) is 1.11. The van der Waals surface area contributed by atoms with E-state index in [0.29, 0.717) is 0 Å². The van der Waals surface area contributed by atoms with Gasteiger partial charge in [0.15, 0.2) is 0 Å². The van der Waals surface area contributed by atoms with Crippen LogP contribution in [0.5, 0.6) is 0 Å². The molecule has 0 N–H and O–H groups in total. The summed E-state index contributed by atoms with van der Waals surface area (Å²) < 4.78 is 0. The minimum atomic E-state index is 0. The number of rotatable bonds is 0. The van der Waals surface area contributed by atoms with Crippen molar-refractivity contribution in [3.05, 3.63) is 73.5 Å². The third kappa shape index (κ3) is 31.4. The summed E-state index contributed by atoms with van der Waals surface area (Å²) in [5.74, 6) is 4.00. The number of hydrogen-bond donors (Lipinski definition) is 0. The Morgan fingerprint density at radius 1 is 0.706 bits per heavy atom. The fourth-order valence-electron chi connectivity index (χ4n) is 0.642. The monoisotopic (exact) mass is 306 g/mol. The molecule has 0 heterocycles. The van der Waals surface area contributed by atoms with E-state index < -0.39 is 0 Å². The quantitative estimate of drug-likeness (QED) is 0.392. The zero-order chi connectivity index (χ0) is 12.5. The van der Waals surface area contributed by atoms with Crippen LogP contribution in [0.4, 0.5) is 0 Å². The second-order valence-corrected chi connectivity index (χ2v) is 2.42. The maximum absolute atomic E-state index is 5.96. The molecule has 0 atom stereocenters. The Labute approximate surface area is 120 Å². The molecule has 0 unspecified atom stereocenters. The molecule has 0 aliphatic rings. The van der Waals surface area contributed by atoms with Crippen LogP contribution in [0, 0.1) is 24.7 Å². The zero-order valence-corrected chi connectivity index (χ0v) is 12.2. The Morgan fingerprint density at radius 2 is 0.882 bits per heavy atom. The van der Waals surface area contributed by atoms with Crippen molar-refractivity contribution < 1.29 is 21.1 Å². The molecular weight excluding hydrogens is 288 g/mol. The van der Waals surface area contributed by atoms with Crippen molar-refractivity contribution >= 4 is 0 Å². The number of hydrogen-bond acceptors (Lipinski definition) is 0. The van der Waals surface area contributed by atoms with Crippen LogP contribution < -0.4 is 0 Å². The summed E-state index contributed by atoms with van der Waals surface area (Å²) in [4.78, 5) is 0. The van der Waals surface area contributed by atoms with Crippen LogP contribution in [0.3, 0.4) is 0 Å². The van der Waals surface area contributed by atoms with E-state index in [9.17, 15) is 0 Å². The molecule has 0 saturated heterocycles. The van der Waals surface area contributed by atoms with Crippen LogP contribution in [-0.2, 0) is 21.1 Å². The minimum absolute atomic E-state index is 0. The molecule has 0 fully saturated rings. The standard InChI is InChI=1S/2C5H5.2C3H3.Mo/c2*1-2-4-5-3-1;2*1-3-2;/h2*1-5H;2*1H3;/q4*-1;. The molecule has 0 amide bonds. The molecule has 0 nitrogen and oxygen atoms in total. The van der Waals surface area contributed by atoms with E-state index in [-0.39, 0.29) is 21.1 Å². The fourth-order valence-corrected chi connectivity index (χ4v) is 0.642. The van der Waals surface area contributed by atoms with Gasteiger partial charge in [-0.2, -0.15) is 36.4 Å². The van der Waals surface area contributed by atoms with Crippen molar-refractivity contribution in [3.63, 3.8) is 0 Å². The van der Waals surface area contributed by atoms with E-state index in [1.807, 2.05) is 72.5 Å². The van der Waals surface area contributed by atoms with Gasteiger partial charge in [-0.1, -0.05) is 0 Å². The summed E-state index contributed by atoms with van der Waals surface area (Å²) in [6.45, 7) is 3.08. The SMILES string of the molecule is [C-]#CC.[C-]#CC.[Mo].c1cc[cH-]c1.c1cc[cH-]c1. The topological polar surface area (TPSA) is 0 Å². The van der Waals surface area contributed by atoms with E-state index in [1.54, 1.807) is 13.8 Å². The van der Waals surface area contributed by atoms with Gasteiger partial charge >= 0.3 is 0 Å². The van der Waals surface area contributed by atoms with E-state index in [2.05, 4.69) is 0 Å². The molecule has 17 heavy (non-hydrogen) atoms. The van der Waals surface area contributed by atoms with Crippen molar-refractivity contribution in [1.29, 1.82) is 0 Å². The first-order chi connectivity index (χ1) is 7.83. The van der Waals surface area contributed by atoms with Crippen molar-refractivity contribution in [3.8, 4) is 11.8 Å². The molecule has 0 aliphatic heterocycles. The molecule has 1 heteroatoms. The fraction of sp³-hybridized carbons (Fsp3) is 0.125. The van der Waals surface area contributed by atoms with E-state index in [1.165, 1.54) is 0 Å². The van der Waals surface area contributed by atoms with Crippen LogP contribution in [-0.4, -0.2) is 0 Å². The first-order valence-corrected chi connectivity index (χ1v) is 4.83. The maximum atomic E-state index is 5.96.